The number of nitrogens with zero attached hydrogens (tertiary/aromatic N) is 1. The van der Waals surface area contributed by atoms with Crippen molar-refractivity contribution in [2.75, 3.05) is 5.32 Å². The maximum atomic E-state index is 12.5. The molecule has 0 fully saturated rings. The molecular formula is C19H17N3O2. The van der Waals surface area contributed by atoms with E-state index in [1.54, 1.807) is 36.7 Å². The summed E-state index contributed by atoms with van der Waals surface area (Å²) < 4.78 is 0. The minimum Gasteiger partial charge on any atom is -0.404 e. The third-order valence-corrected chi connectivity index (χ3v) is 3.76. The number of fused-ring (bicyclic) bond motifs is 1. The van der Waals surface area contributed by atoms with Gasteiger partial charge in [0.05, 0.1) is 12.2 Å². The number of rotatable bonds is 4. The quantitative estimate of drug-likeness (QED) is 0.645. The monoisotopic (exact) mass is 319 g/mol. The first-order valence-corrected chi connectivity index (χ1v) is 7.48. The lowest BCUT2D eigenvalue weighted by molar-refractivity contribution is -0.111. The van der Waals surface area contributed by atoms with Gasteiger partial charge < -0.3 is 16.2 Å². The molecule has 1 aromatic heterocycles. The van der Waals surface area contributed by atoms with Crippen molar-refractivity contribution in [2.45, 2.75) is 6.61 Å². The summed E-state index contributed by atoms with van der Waals surface area (Å²) in [7, 11) is 0. The summed E-state index contributed by atoms with van der Waals surface area (Å²) >= 11 is 0. The smallest absolute Gasteiger partial charge is 0.257 e. The molecule has 3 aromatic rings. The van der Waals surface area contributed by atoms with Crippen molar-refractivity contribution in [3.8, 4) is 0 Å². The minimum absolute atomic E-state index is 0.0416. The van der Waals surface area contributed by atoms with Crippen molar-refractivity contribution in [2.24, 2.45) is 5.73 Å². The third kappa shape index (κ3) is 3.26. The predicted octanol–water partition coefficient (Wildman–Crippen LogP) is 2.67. The molecular weight excluding hydrogens is 302 g/mol. The lowest BCUT2D eigenvalue weighted by Gasteiger charge is -2.10. The lowest BCUT2D eigenvalue weighted by atomic mass is 10.0. The maximum Gasteiger partial charge on any atom is 0.257 e. The van der Waals surface area contributed by atoms with Crippen molar-refractivity contribution >= 4 is 27.9 Å². The van der Waals surface area contributed by atoms with E-state index < -0.39 is 0 Å². The van der Waals surface area contributed by atoms with E-state index in [-0.39, 0.29) is 12.5 Å². The topological polar surface area (TPSA) is 88.2 Å². The van der Waals surface area contributed by atoms with Crippen LogP contribution in [0.15, 0.2) is 67.1 Å². The van der Waals surface area contributed by atoms with Gasteiger partial charge >= 0.3 is 0 Å². The highest BCUT2D eigenvalue weighted by Gasteiger charge is 2.12. The average molecular weight is 319 g/mol. The first-order chi connectivity index (χ1) is 11.7. The Kier molecular flexibility index (Phi) is 4.54. The number of amides is 1. The number of nitrogens with one attached hydrogen (secondary N) is 1. The highest BCUT2D eigenvalue weighted by molar-refractivity contribution is 6.25. The Morgan fingerprint density at radius 1 is 1.12 bits per heavy atom. The number of aliphatic hydroxyl groups is 1. The number of carbonyl (C=O) groups excluding carboxylic acids is 1. The number of aromatic nitrogens is 1. The van der Waals surface area contributed by atoms with Crippen molar-refractivity contribution in [3.63, 3.8) is 0 Å². The van der Waals surface area contributed by atoms with Crippen molar-refractivity contribution in [1.82, 2.24) is 4.98 Å². The molecule has 0 atom stereocenters. The van der Waals surface area contributed by atoms with Gasteiger partial charge in [0.1, 0.15) is 0 Å². The van der Waals surface area contributed by atoms with E-state index in [2.05, 4.69) is 10.3 Å². The fourth-order valence-corrected chi connectivity index (χ4v) is 2.45. The standard InChI is InChI=1S/C19H17N3O2/c20-10-18(14-3-1-13(12-23)2-4-14)19(24)22-17-6-5-16-11-21-8-7-15(16)9-17/h1-11,23H,12,20H2,(H,22,24). The van der Waals surface area contributed by atoms with Gasteiger partial charge in [-0.3, -0.25) is 9.78 Å². The zero-order valence-electron chi connectivity index (χ0n) is 12.9. The molecule has 1 heterocycles. The molecule has 0 aliphatic carbocycles. The molecule has 5 nitrogen and oxygen atoms in total. The van der Waals surface area contributed by atoms with E-state index in [1.807, 2.05) is 24.3 Å². The van der Waals surface area contributed by atoms with Gasteiger partial charge in [0, 0.05) is 29.7 Å². The van der Waals surface area contributed by atoms with E-state index >= 15 is 0 Å². The number of hydrogen-bond donors (Lipinski definition) is 3. The van der Waals surface area contributed by atoms with Crippen molar-refractivity contribution in [3.05, 3.63) is 78.3 Å². The highest BCUT2D eigenvalue weighted by Crippen LogP contribution is 2.21. The van der Waals surface area contributed by atoms with Crippen LogP contribution in [-0.2, 0) is 11.4 Å². The van der Waals surface area contributed by atoms with Crippen molar-refractivity contribution < 1.29 is 9.90 Å². The normalized spacial score (nSPS) is 11.5. The van der Waals surface area contributed by atoms with Crippen LogP contribution < -0.4 is 11.1 Å². The van der Waals surface area contributed by atoms with E-state index in [0.717, 1.165) is 16.3 Å². The zero-order chi connectivity index (χ0) is 16.9. The number of pyridine rings is 1. The molecule has 0 saturated carbocycles. The van der Waals surface area contributed by atoms with E-state index in [4.69, 9.17) is 10.8 Å². The van der Waals surface area contributed by atoms with Crippen LogP contribution >= 0.6 is 0 Å². The minimum atomic E-state index is -0.289. The second-order valence-corrected chi connectivity index (χ2v) is 5.33. The van der Waals surface area contributed by atoms with Gasteiger partial charge in [-0.25, -0.2) is 0 Å². The predicted molar refractivity (Wildman–Crippen MR) is 94.9 cm³/mol. The molecule has 0 bridgehead atoms. The van der Waals surface area contributed by atoms with Gasteiger partial charge in [0.25, 0.3) is 5.91 Å². The van der Waals surface area contributed by atoms with Crippen LogP contribution in [0.1, 0.15) is 11.1 Å². The Balaban J connectivity index is 1.82. The number of aliphatic hydroxyl groups excluding tert-OH is 1. The van der Waals surface area contributed by atoms with Gasteiger partial charge in [-0.2, -0.15) is 0 Å². The Labute approximate surface area is 139 Å². The Hall–Kier alpha value is -3.18. The van der Waals surface area contributed by atoms with Crippen LogP contribution in [0.5, 0.6) is 0 Å². The molecule has 0 aliphatic heterocycles. The van der Waals surface area contributed by atoms with Gasteiger partial charge in [0.15, 0.2) is 0 Å². The molecule has 0 radical (unpaired) electrons. The van der Waals surface area contributed by atoms with E-state index in [9.17, 15) is 4.79 Å². The molecule has 0 unspecified atom stereocenters. The third-order valence-electron chi connectivity index (χ3n) is 3.76. The maximum absolute atomic E-state index is 12.5. The van der Waals surface area contributed by atoms with Crippen LogP contribution in [0.4, 0.5) is 5.69 Å². The molecule has 5 heteroatoms. The molecule has 120 valence electrons. The van der Waals surface area contributed by atoms with Crippen LogP contribution in [0, 0.1) is 0 Å². The van der Waals surface area contributed by atoms with Gasteiger partial charge in [-0.05, 0) is 34.7 Å². The number of anilines is 1. The number of nitrogens with two attached hydrogens (primary N) is 1. The molecule has 1 amide bonds. The van der Waals surface area contributed by atoms with E-state index in [0.29, 0.717) is 16.8 Å². The molecule has 0 spiro atoms. The second-order valence-electron chi connectivity index (χ2n) is 5.33. The summed E-state index contributed by atoms with van der Waals surface area (Å²) in [5.41, 5.74) is 8.16. The summed E-state index contributed by atoms with van der Waals surface area (Å²) in [5.74, 6) is -0.289. The first-order valence-electron chi connectivity index (χ1n) is 7.48. The summed E-state index contributed by atoms with van der Waals surface area (Å²) in [6.07, 6.45) is 4.77. The summed E-state index contributed by atoms with van der Waals surface area (Å²) in [4.78, 5) is 16.6. The summed E-state index contributed by atoms with van der Waals surface area (Å²) in [6.45, 7) is -0.0416. The van der Waals surface area contributed by atoms with Gasteiger partial charge in [0.2, 0.25) is 0 Å². The SMILES string of the molecule is NC=C(C(=O)Nc1ccc2cnccc2c1)c1ccc(CO)cc1. The Morgan fingerprint density at radius 3 is 2.62 bits per heavy atom. The fraction of sp³-hybridized carbons (Fsp3) is 0.0526. The number of benzene rings is 2. The second kappa shape index (κ2) is 6.93. The molecule has 3 rings (SSSR count). The lowest BCUT2D eigenvalue weighted by Crippen LogP contribution is -2.14. The first kappa shape index (κ1) is 15.7. The summed E-state index contributed by atoms with van der Waals surface area (Å²) in [6, 6.07) is 14.5. The van der Waals surface area contributed by atoms with Gasteiger partial charge in [-0.15, -0.1) is 0 Å². The highest BCUT2D eigenvalue weighted by atomic mass is 16.3. The molecule has 2 aromatic carbocycles. The number of hydrogen-bond acceptors (Lipinski definition) is 4. The molecule has 0 saturated heterocycles. The van der Waals surface area contributed by atoms with Crippen LogP contribution in [0.25, 0.3) is 16.3 Å². The van der Waals surface area contributed by atoms with Crippen LogP contribution in [-0.4, -0.2) is 16.0 Å². The van der Waals surface area contributed by atoms with Crippen LogP contribution in [0.2, 0.25) is 0 Å². The fourth-order valence-electron chi connectivity index (χ4n) is 2.45. The summed E-state index contributed by atoms with van der Waals surface area (Å²) in [5, 5.41) is 13.9. The average Bonchev–Trinajstić information content (AvgIpc) is 2.63. The van der Waals surface area contributed by atoms with Gasteiger partial charge in [-0.1, -0.05) is 30.3 Å². The largest absolute Gasteiger partial charge is 0.404 e. The molecule has 0 aliphatic rings. The Bertz CT molecular complexity index is 902. The van der Waals surface area contributed by atoms with Crippen LogP contribution in [0.3, 0.4) is 0 Å². The van der Waals surface area contributed by atoms with Crippen molar-refractivity contribution in [1.29, 1.82) is 0 Å². The zero-order valence-corrected chi connectivity index (χ0v) is 12.9. The molecule has 24 heavy (non-hydrogen) atoms. The molecule has 4 N–H and O–H groups in total. The number of carbonyl (C=O) groups is 1. The van der Waals surface area contributed by atoms with E-state index in [1.165, 1.54) is 6.20 Å². The Morgan fingerprint density at radius 2 is 1.92 bits per heavy atom.